The van der Waals surface area contributed by atoms with Gasteiger partial charge in [0.25, 0.3) is 0 Å². The molecule has 1 heterocycles. The number of nitrogens with one attached hydrogen (secondary N) is 1. The summed E-state index contributed by atoms with van der Waals surface area (Å²) in [6, 6.07) is 17.9. The fourth-order valence-corrected chi connectivity index (χ4v) is 4.20. The summed E-state index contributed by atoms with van der Waals surface area (Å²) in [7, 11) is 1.97. The molecule has 0 saturated carbocycles. The molecule has 4 rings (SSSR count). The molecule has 1 aliphatic heterocycles. The topological polar surface area (TPSA) is 49.4 Å². The van der Waals surface area contributed by atoms with Gasteiger partial charge in [0.05, 0.1) is 22.0 Å². The van der Waals surface area contributed by atoms with Crippen molar-refractivity contribution in [3.8, 4) is 0 Å². The van der Waals surface area contributed by atoms with Crippen molar-refractivity contribution in [2.24, 2.45) is 0 Å². The molecule has 3 aromatic carbocycles. The van der Waals surface area contributed by atoms with E-state index in [9.17, 15) is 9.59 Å². The van der Waals surface area contributed by atoms with Gasteiger partial charge in [-0.25, -0.2) is 0 Å². The minimum atomic E-state index is -0.442. The van der Waals surface area contributed by atoms with Gasteiger partial charge in [0, 0.05) is 18.0 Å². The molecule has 1 aliphatic rings. The molecule has 0 saturated heterocycles. The lowest BCUT2D eigenvalue weighted by molar-refractivity contribution is 0.878. The van der Waals surface area contributed by atoms with Gasteiger partial charge in [-0.3, -0.25) is 9.59 Å². The molecule has 0 fully saturated rings. The number of nitrogens with zero attached hydrogens (tertiary/aromatic N) is 1. The molecule has 0 unspecified atom stereocenters. The van der Waals surface area contributed by atoms with E-state index in [1.54, 1.807) is 11.8 Å². The Balaban J connectivity index is 1.63. The van der Waals surface area contributed by atoms with E-state index in [2.05, 4.69) is 11.4 Å². The van der Waals surface area contributed by atoms with Crippen LogP contribution < -0.4 is 21.1 Å². The van der Waals surface area contributed by atoms with Crippen LogP contribution in [0.1, 0.15) is 24.1 Å². The predicted octanol–water partition coefficient (Wildman–Crippen LogP) is 4.00. The number of hydrogen-bond acceptors (Lipinski definition) is 5. The van der Waals surface area contributed by atoms with E-state index in [4.69, 9.17) is 0 Å². The van der Waals surface area contributed by atoms with Gasteiger partial charge < -0.3 is 10.2 Å². The number of fused-ring (bicyclic) bond motifs is 1. The molecule has 26 heavy (non-hydrogen) atoms. The molecule has 4 nitrogen and oxygen atoms in total. The molecular formula is C21H18N2O2S. The van der Waals surface area contributed by atoms with Gasteiger partial charge in [-0.2, -0.15) is 0 Å². The summed E-state index contributed by atoms with van der Waals surface area (Å²) in [5.74, 6) is 0. The Bertz CT molecular complexity index is 1070. The van der Waals surface area contributed by atoms with Crippen LogP contribution in [0.15, 0.2) is 74.1 Å². The van der Waals surface area contributed by atoms with Gasteiger partial charge in [-0.15, -0.1) is 0 Å². The third-order valence-electron chi connectivity index (χ3n) is 4.65. The number of rotatable bonds is 4. The molecule has 0 aromatic heterocycles. The van der Waals surface area contributed by atoms with Crippen molar-refractivity contribution in [2.75, 3.05) is 17.3 Å². The van der Waals surface area contributed by atoms with Gasteiger partial charge >= 0.3 is 0 Å². The fraction of sp³-hybridized carbons (Fsp3) is 0.143. The van der Waals surface area contributed by atoms with Crippen molar-refractivity contribution in [1.29, 1.82) is 0 Å². The standard InChI is InChI=1S/C21H18N2O2S/c1-13(14-8-4-3-5-9-14)22-19-15(20(24)21(19)25)12-18-23(2)16-10-6-7-11-17(16)26-18/h3-13,22H,1-2H3/b18-12+/t13-/m1/s1. The van der Waals surface area contributed by atoms with Crippen LogP contribution in [0.3, 0.4) is 0 Å². The summed E-state index contributed by atoms with van der Waals surface area (Å²) in [6.07, 6.45) is 1.81. The van der Waals surface area contributed by atoms with Crippen LogP contribution in [0.4, 0.5) is 11.4 Å². The molecule has 130 valence electrons. The summed E-state index contributed by atoms with van der Waals surface area (Å²) in [5.41, 5.74) is 2.17. The minimum Gasteiger partial charge on any atom is -0.375 e. The Morgan fingerprint density at radius 2 is 1.69 bits per heavy atom. The molecule has 0 bridgehead atoms. The van der Waals surface area contributed by atoms with Gasteiger partial charge in [-0.05, 0) is 30.7 Å². The average molecular weight is 362 g/mol. The quantitative estimate of drug-likeness (QED) is 0.711. The maximum absolute atomic E-state index is 12.1. The highest BCUT2D eigenvalue weighted by atomic mass is 32.2. The zero-order valence-electron chi connectivity index (χ0n) is 14.5. The number of para-hydroxylation sites is 1. The highest BCUT2D eigenvalue weighted by Crippen LogP contribution is 2.45. The van der Waals surface area contributed by atoms with E-state index in [0.717, 1.165) is 21.2 Å². The number of thioether (sulfide) groups is 1. The van der Waals surface area contributed by atoms with Gasteiger partial charge in [0.15, 0.2) is 0 Å². The van der Waals surface area contributed by atoms with Crippen LogP contribution in [0.2, 0.25) is 0 Å². The Kier molecular flexibility index (Phi) is 4.17. The number of benzene rings is 2. The third kappa shape index (κ3) is 2.74. The van der Waals surface area contributed by atoms with Crippen LogP contribution >= 0.6 is 11.8 Å². The smallest absolute Gasteiger partial charge is 0.250 e. The highest BCUT2D eigenvalue weighted by Gasteiger charge is 2.26. The molecule has 0 aliphatic carbocycles. The number of hydrogen-bond donors (Lipinski definition) is 1. The molecule has 5 heteroatoms. The normalized spacial score (nSPS) is 16.1. The van der Waals surface area contributed by atoms with E-state index < -0.39 is 10.9 Å². The van der Waals surface area contributed by atoms with Crippen LogP contribution in [0, 0.1) is 0 Å². The third-order valence-corrected chi connectivity index (χ3v) is 5.81. The van der Waals surface area contributed by atoms with Crippen molar-refractivity contribution in [2.45, 2.75) is 17.9 Å². The summed E-state index contributed by atoms with van der Waals surface area (Å²) in [5, 5.41) is 4.15. The molecule has 3 aromatic rings. The second-order valence-electron chi connectivity index (χ2n) is 6.34. The minimum absolute atomic E-state index is 0.0530. The molecule has 0 amide bonds. The van der Waals surface area contributed by atoms with Crippen LogP contribution in [0.25, 0.3) is 6.08 Å². The molecule has 1 N–H and O–H groups in total. The Labute approximate surface area is 155 Å². The van der Waals surface area contributed by atoms with E-state index in [1.165, 1.54) is 0 Å². The second-order valence-corrected chi connectivity index (χ2v) is 7.40. The summed E-state index contributed by atoms with van der Waals surface area (Å²) < 4.78 is 0. The van der Waals surface area contributed by atoms with E-state index in [0.29, 0.717) is 11.3 Å². The summed E-state index contributed by atoms with van der Waals surface area (Å²) in [6.45, 7) is 1.98. The lowest BCUT2D eigenvalue weighted by Gasteiger charge is -2.19. The Morgan fingerprint density at radius 3 is 2.42 bits per heavy atom. The van der Waals surface area contributed by atoms with Crippen molar-refractivity contribution in [3.63, 3.8) is 0 Å². The SMILES string of the molecule is C[C@@H](Nc1c(/C=C2/Sc3ccccc3N2C)c(=O)c1=O)c1ccccc1. The predicted molar refractivity (Wildman–Crippen MR) is 109 cm³/mol. The first-order valence-corrected chi connectivity index (χ1v) is 9.25. The number of anilines is 2. The summed E-state index contributed by atoms with van der Waals surface area (Å²) in [4.78, 5) is 27.4. The lowest BCUT2D eigenvalue weighted by atomic mass is 10.0. The molecule has 0 spiro atoms. The van der Waals surface area contributed by atoms with Crippen molar-refractivity contribution >= 4 is 29.2 Å². The molecular weight excluding hydrogens is 344 g/mol. The molecule has 1 atom stereocenters. The van der Waals surface area contributed by atoms with E-state index in [1.807, 2.05) is 73.5 Å². The average Bonchev–Trinajstić information content (AvgIpc) is 3.00. The van der Waals surface area contributed by atoms with Crippen molar-refractivity contribution < 1.29 is 0 Å². The van der Waals surface area contributed by atoms with E-state index in [-0.39, 0.29) is 6.04 Å². The highest BCUT2D eigenvalue weighted by molar-refractivity contribution is 8.03. The Morgan fingerprint density at radius 1 is 1.00 bits per heavy atom. The van der Waals surface area contributed by atoms with Crippen molar-refractivity contribution in [3.05, 3.63) is 91.2 Å². The van der Waals surface area contributed by atoms with Crippen LogP contribution in [-0.4, -0.2) is 7.05 Å². The zero-order chi connectivity index (χ0) is 18.3. The van der Waals surface area contributed by atoms with Crippen LogP contribution in [0.5, 0.6) is 0 Å². The maximum atomic E-state index is 12.1. The van der Waals surface area contributed by atoms with Gasteiger partial charge in [0.1, 0.15) is 0 Å². The first-order valence-electron chi connectivity index (χ1n) is 8.43. The summed E-state index contributed by atoms with van der Waals surface area (Å²) >= 11 is 1.60. The molecule has 0 radical (unpaired) electrons. The maximum Gasteiger partial charge on any atom is 0.250 e. The zero-order valence-corrected chi connectivity index (χ0v) is 15.3. The van der Waals surface area contributed by atoms with Crippen LogP contribution in [-0.2, 0) is 0 Å². The first kappa shape index (κ1) is 16.7. The largest absolute Gasteiger partial charge is 0.375 e. The second kappa shape index (κ2) is 6.50. The van der Waals surface area contributed by atoms with Crippen molar-refractivity contribution in [1.82, 2.24) is 0 Å². The lowest BCUT2D eigenvalue weighted by Crippen LogP contribution is -2.37. The van der Waals surface area contributed by atoms with Gasteiger partial charge in [-0.1, -0.05) is 54.2 Å². The monoisotopic (exact) mass is 362 g/mol. The Hall–Kier alpha value is -2.79. The first-order chi connectivity index (χ1) is 12.6. The fourth-order valence-electron chi connectivity index (χ4n) is 3.10. The van der Waals surface area contributed by atoms with Gasteiger partial charge in [0.2, 0.25) is 10.9 Å². The van der Waals surface area contributed by atoms with E-state index >= 15 is 0 Å².